The third-order valence-electron chi connectivity index (χ3n) is 4.35. The van der Waals surface area contributed by atoms with Gasteiger partial charge in [0.05, 0.1) is 11.8 Å². The van der Waals surface area contributed by atoms with Gasteiger partial charge in [-0.25, -0.2) is 4.98 Å². The fourth-order valence-corrected chi connectivity index (χ4v) is 3.04. The average Bonchev–Trinajstić information content (AvgIpc) is 2.83. The minimum Gasteiger partial charge on any atom is -0.436 e. The van der Waals surface area contributed by atoms with Crippen molar-refractivity contribution in [3.63, 3.8) is 0 Å². The summed E-state index contributed by atoms with van der Waals surface area (Å²) in [6.45, 7) is 3.48. The van der Waals surface area contributed by atoms with E-state index >= 15 is 0 Å². The van der Waals surface area contributed by atoms with Crippen molar-refractivity contribution in [3.05, 3.63) is 47.4 Å². The molecule has 1 unspecified atom stereocenters. The predicted octanol–water partition coefficient (Wildman–Crippen LogP) is 1.80. The molecule has 3 rings (SSSR count). The maximum absolute atomic E-state index is 12.5. The van der Waals surface area contributed by atoms with E-state index in [1.54, 1.807) is 26.2 Å². The molecule has 1 amide bonds. The summed E-state index contributed by atoms with van der Waals surface area (Å²) >= 11 is 0. The summed E-state index contributed by atoms with van der Waals surface area (Å²) in [5.74, 6) is 0.773. The minimum absolute atomic E-state index is 0.0434. The van der Waals surface area contributed by atoms with Gasteiger partial charge < -0.3 is 14.8 Å². The largest absolute Gasteiger partial charge is 0.436 e. The number of nitrogens with zero attached hydrogens (tertiary/aromatic N) is 2. The van der Waals surface area contributed by atoms with Gasteiger partial charge in [0.15, 0.2) is 5.89 Å². The summed E-state index contributed by atoms with van der Waals surface area (Å²) in [6.07, 6.45) is 5.36. The van der Waals surface area contributed by atoms with Crippen molar-refractivity contribution in [2.45, 2.75) is 45.3 Å². The Hall–Kier alpha value is -2.21. The van der Waals surface area contributed by atoms with Gasteiger partial charge in [-0.2, -0.15) is 0 Å². The van der Waals surface area contributed by atoms with E-state index in [1.807, 2.05) is 12.1 Å². The van der Waals surface area contributed by atoms with E-state index in [2.05, 4.69) is 15.3 Å². The van der Waals surface area contributed by atoms with Crippen LogP contribution in [0.3, 0.4) is 0 Å². The van der Waals surface area contributed by atoms with E-state index in [4.69, 9.17) is 4.42 Å². The Morgan fingerprint density at radius 2 is 2.09 bits per heavy atom. The second-order valence-corrected chi connectivity index (χ2v) is 6.17. The molecule has 1 fully saturated rings. The molecule has 23 heavy (non-hydrogen) atoms. The quantitative estimate of drug-likeness (QED) is 0.878. The van der Waals surface area contributed by atoms with Gasteiger partial charge in [0, 0.05) is 25.4 Å². The second kappa shape index (κ2) is 6.50. The first kappa shape index (κ1) is 15.7. The SMILES string of the molecule is Cc1nc(C)c(C(=O)NC(Cc2ccncc2)C2CC(O)C2)o1. The molecule has 6 nitrogen and oxygen atoms in total. The number of rotatable bonds is 5. The summed E-state index contributed by atoms with van der Waals surface area (Å²) in [5, 5.41) is 12.6. The second-order valence-electron chi connectivity index (χ2n) is 6.17. The van der Waals surface area contributed by atoms with Crippen LogP contribution < -0.4 is 5.32 Å². The lowest BCUT2D eigenvalue weighted by Gasteiger charge is -2.38. The van der Waals surface area contributed by atoms with Crippen molar-refractivity contribution in [1.29, 1.82) is 0 Å². The topological polar surface area (TPSA) is 88.2 Å². The predicted molar refractivity (Wildman–Crippen MR) is 83.9 cm³/mol. The number of hydrogen-bond donors (Lipinski definition) is 2. The molecule has 6 heteroatoms. The lowest BCUT2D eigenvalue weighted by molar-refractivity contribution is 0.0236. The summed E-state index contributed by atoms with van der Waals surface area (Å²) in [7, 11) is 0. The third-order valence-corrected chi connectivity index (χ3v) is 4.35. The van der Waals surface area contributed by atoms with Crippen molar-refractivity contribution in [3.8, 4) is 0 Å². The molecule has 1 aliphatic rings. The van der Waals surface area contributed by atoms with Crippen molar-refractivity contribution in [2.75, 3.05) is 0 Å². The molecule has 2 aromatic heterocycles. The number of hydrogen-bond acceptors (Lipinski definition) is 5. The van der Waals surface area contributed by atoms with Crippen molar-refractivity contribution < 1.29 is 14.3 Å². The molecule has 0 bridgehead atoms. The molecular weight excluding hydrogens is 294 g/mol. The van der Waals surface area contributed by atoms with Crippen LogP contribution in [0.4, 0.5) is 0 Å². The molecule has 0 spiro atoms. The van der Waals surface area contributed by atoms with E-state index in [0.29, 0.717) is 30.8 Å². The number of oxazole rings is 1. The zero-order chi connectivity index (χ0) is 16.4. The minimum atomic E-state index is -0.258. The number of aliphatic hydroxyl groups is 1. The molecule has 0 radical (unpaired) electrons. The van der Waals surface area contributed by atoms with Crippen molar-refractivity contribution in [2.24, 2.45) is 5.92 Å². The molecule has 2 heterocycles. The van der Waals surface area contributed by atoms with Crippen molar-refractivity contribution in [1.82, 2.24) is 15.3 Å². The van der Waals surface area contributed by atoms with Crippen LogP contribution in [0.25, 0.3) is 0 Å². The number of aromatic nitrogens is 2. The fourth-order valence-electron chi connectivity index (χ4n) is 3.04. The Morgan fingerprint density at radius 3 is 2.65 bits per heavy atom. The Bertz CT molecular complexity index is 678. The van der Waals surface area contributed by atoms with Gasteiger partial charge in [0.25, 0.3) is 5.91 Å². The zero-order valence-electron chi connectivity index (χ0n) is 13.3. The third kappa shape index (κ3) is 3.59. The van der Waals surface area contributed by atoms with Crippen LogP contribution in [-0.4, -0.2) is 33.1 Å². The maximum Gasteiger partial charge on any atom is 0.289 e. The van der Waals surface area contributed by atoms with Gasteiger partial charge in [-0.05, 0) is 49.8 Å². The van der Waals surface area contributed by atoms with E-state index in [1.165, 1.54) is 0 Å². The highest BCUT2D eigenvalue weighted by atomic mass is 16.4. The van der Waals surface area contributed by atoms with E-state index in [0.717, 1.165) is 5.56 Å². The van der Waals surface area contributed by atoms with Gasteiger partial charge >= 0.3 is 0 Å². The number of carbonyl (C=O) groups excluding carboxylic acids is 1. The first-order chi connectivity index (χ1) is 11.0. The first-order valence-electron chi connectivity index (χ1n) is 7.85. The highest BCUT2D eigenvalue weighted by molar-refractivity contribution is 5.92. The number of amides is 1. The van der Waals surface area contributed by atoms with Crippen LogP contribution in [-0.2, 0) is 6.42 Å². The summed E-state index contributed by atoms with van der Waals surface area (Å²) in [5.41, 5.74) is 1.70. The van der Waals surface area contributed by atoms with Crippen LogP contribution in [0, 0.1) is 19.8 Å². The van der Waals surface area contributed by atoms with Gasteiger partial charge in [-0.15, -0.1) is 0 Å². The first-order valence-corrected chi connectivity index (χ1v) is 7.85. The lowest BCUT2D eigenvalue weighted by Crippen LogP contribution is -2.48. The number of carbonyl (C=O) groups is 1. The molecular formula is C17H21N3O3. The van der Waals surface area contributed by atoms with Crippen LogP contribution in [0.15, 0.2) is 28.9 Å². The Balaban J connectivity index is 1.73. The molecule has 2 aromatic rings. The molecule has 1 atom stereocenters. The Labute approximate surface area is 135 Å². The van der Waals surface area contributed by atoms with Crippen LogP contribution in [0.1, 0.15) is 40.5 Å². The summed E-state index contributed by atoms with van der Waals surface area (Å²) < 4.78 is 5.40. The molecule has 0 aliphatic heterocycles. The molecule has 2 N–H and O–H groups in total. The average molecular weight is 315 g/mol. The monoisotopic (exact) mass is 315 g/mol. The summed E-state index contributed by atoms with van der Waals surface area (Å²) in [6, 6.07) is 3.84. The summed E-state index contributed by atoms with van der Waals surface area (Å²) in [4.78, 5) is 20.6. The molecule has 0 aromatic carbocycles. The van der Waals surface area contributed by atoms with Gasteiger partial charge in [0.1, 0.15) is 0 Å². The Morgan fingerprint density at radius 1 is 1.39 bits per heavy atom. The standard InChI is InChI=1S/C17H21N3O3/c1-10-16(23-11(2)19-10)17(22)20-15(13-8-14(21)9-13)7-12-3-5-18-6-4-12/h3-6,13-15,21H,7-9H2,1-2H3,(H,20,22). The highest BCUT2D eigenvalue weighted by Gasteiger charge is 2.35. The number of aliphatic hydroxyl groups excluding tert-OH is 1. The zero-order valence-corrected chi connectivity index (χ0v) is 13.3. The fraction of sp³-hybridized carbons (Fsp3) is 0.471. The van der Waals surface area contributed by atoms with E-state index < -0.39 is 0 Å². The van der Waals surface area contributed by atoms with Crippen molar-refractivity contribution >= 4 is 5.91 Å². The number of pyridine rings is 1. The van der Waals surface area contributed by atoms with E-state index in [-0.39, 0.29) is 29.7 Å². The number of nitrogens with one attached hydrogen (secondary N) is 1. The van der Waals surface area contributed by atoms with Crippen LogP contribution in [0.5, 0.6) is 0 Å². The molecule has 1 aliphatic carbocycles. The van der Waals surface area contributed by atoms with E-state index in [9.17, 15) is 9.90 Å². The molecule has 1 saturated carbocycles. The molecule has 122 valence electrons. The smallest absolute Gasteiger partial charge is 0.289 e. The highest BCUT2D eigenvalue weighted by Crippen LogP contribution is 2.32. The van der Waals surface area contributed by atoms with Gasteiger partial charge in [-0.3, -0.25) is 9.78 Å². The Kier molecular flexibility index (Phi) is 4.43. The number of aryl methyl sites for hydroxylation is 2. The van der Waals surface area contributed by atoms with Gasteiger partial charge in [0.2, 0.25) is 5.76 Å². The maximum atomic E-state index is 12.5. The molecule has 0 saturated heterocycles. The lowest BCUT2D eigenvalue weighted by atomic mass is 9.75. The normalized spacial score (nSPS) is 21.5. The van der Waals surface area contributed by atoms with Gasteiger partial charge in [-0.1, -0.05) is 0 Å². The van der Waals surface area contributed by atoms with Crippen LogP contribution >= 0.6 is 0 Å². The van der Waals surface area contributed by atoms with Crippen LogP contribution in [0.2, 0.25) is 0 Å².